The van der Waals surface area contributed by atoms with Gasteiger partial charge in [-0.25, -0.2) is 9.59 Å². The molecule has 0 spiro atoms. The van der Waals surface area contributed by atoms with E-state index in [2.05, 4.69) is 4.37 Å². The van der Waals surface area contributed by atoms with Crippen LogP contribution in [0.5, 0.6) is 11.5 Å². The molecule has 0 unspecified atom stereocenters. The van der Waals surface area contributed by atoms with Crippen LogP contribution in [0.4, 0.5) is 0 Å². The van der Waals surface area contributed by atoms with E-state index in [0.717, 1.165) is 11.5 Å². The molecule has 0 amide bonds. The van der Waals surface area contributed by atoms with Crippen molar-refractivity contribution in [2.24, 2.45) is 0 Å². The fraction of sp³-hybridized carbons (Fsp3) is 0.0833. The first-order chi connectivity index (χ1) is 9.11. The zero-order valence-electron chi connectivity index (χ0n) is 9.82. The van der Waals surface area contributed by atoms with Crippen LogP contribution in [-0.2, 0) is 0 Å². The highest BCUT2D eigenvalue weighted by atomic mass is 32.1. The summed E-state index contributed by atoms with van der Waals surface area (Å²) < 4.78 is 13.9. The molecule has 0 saturated carbocycles. The minimum atomic E-state index is -1.13. The average Bonchev–Trinajstić information content (AvgIpc) is 2.89. The zero-order chi connectivity index (χ0) is 13.8. The lowest BCUT2D eigenvalue weighted by Crippen LogP contribution is -2.09. The lowest BCUT2D eigenvalue weighted by atomic mass is 10.3. The first-order valence-corrected chi connectivity index (χ1v) is 5.94. The Labute approximate surface area is 112 Å². The van der Waals surface area contributed by atoms with E-state index in [1.165, 1.54) is 13.2 Å². The van der Waals surface area contributed by atoms with Crippen LogP contribution in [-0.4, -0.2) is 28.5 Å². The van der Waals surface area contributed by atoms with E-state index in [1.54, 1.807) is 24.3 Å². The number of aromatic carboxylic acids is 1. The molecule has 0 aliphatic carbocycles. The highest BCUT2D eigenvalue weighted by Gasteiger charge is 2.17. The van der Waals surface area contributed by atoms with Crippen molar-refractivity contribution in [1.29, 1.82) is 0 Å². The van der Waals surface area contributed by atoms with Gasteiger partial charge in [-0.2, -0.15) is 4.37 Å². The van der Waals surface area contributed by atoms with Crippen molar-refractivity contribution in [3.05, 3.63) is 40.9 Å². The predicted molar refractivity (Wildman–Crippen MR) is 67.0 cm³/mol. The maximum atomic E-state index is 11.8. The number of para-hydroxylation sites is 2. The fourth-order valence-corrected chi connectivity index (χ4v) is 1.89. The second kappa shape index (κ2) is 5.49. The maximum Gasteiger partial charge on any atom is 0.363 e. The third-order valence-corrected chi connectivity index (χ3v) is 2.98. The summed E-state index contributed by atoms with van der Waals surface area (Å²) in [6, 6.07) is 7.81. The summed E-state index contributed by atoms with van der Waals surface area (Å²) in [7, 11) is 1.46. The van der Waals surface area contributed by atoms with Gasteiger partial charge >= 0.3 is 11.9 Å². The summed E-state index contributed by atoms with van der Waals surface area (Å²) in [5.41, 5.74) is -0.0479. The number of esters is 1. The Morgan fingerprint density at radius 2 is 1.95 bits per heavy atom. The number of hydrogen-bond donors (Lipinski definition) is 1. The Bertz CT molecular complexity index is 622. The molecule has 1 aromatic heterocycles. The minimum absolute atomic E-state index is 0.0213. The fourth-order valence-electron chi connectivity index (χ4n) is 1.33. The first-order valence-electron chi connectivity index (χ1n) is 5.17. The molecule has 0 fully saturated rings. The van der Waals surface area contributed by atoms with Gasteiger partial charge in [0.15, 0.2) is 17.2 Å². The van der Waals surface area contributed by atoms with Crippen LogP contribution >= 0.6 is 11.5 Å². The normalized spacial score (nSPS) is 9.95. The van der Waals surface area contributed by atoms with Gasteiger partial charge in [0.05, 0.1) is 7.11 Å². The van der Waals surface area contributed by atoms with Gasteiger partial charge in [0.25, 0.3) is 0 Å². The van der Waals surface area contributed by atoms with Gasteiger partial charge in [0.2, 0.25) is 0 Å². The molecule has 7 heteroatoms. The van der Waals surface area contributed by atoms with E-state index in [9.17, 15) is 9.59 Å². The van der Waals surface area contributed by atoms with E-state index in [-0.39, 0.29) is 16.3 Å². The topological polar surface area (TPSA) is 85.7 Å². The molecule has 0 aliphatic rings. The molecule has 0 bridgehead atoms. The summed E-state index contributed by atoms with van der Waals surface area (Å²) in [4.78, 5) is 22.5. The lowest BCUT2D eigenvalue weighted by Gasteiger charge is -2.07. The molecule has 2 aromatic rings. The van der Waals surface area contributed by atoms with Crippen LogP contribution in [0.15, 0.2) is 30.3 Å². The minimum Gasteiger partial charge on any atom is -0.493 e. The third kappa shape index (κ3) is 2.89. The number of hydrogen-bond acceptors (Lipinski definition) is 6. The lowest BCUT2D eigenvalue weighted by molar-refractivity contribution is 0.0702. The molecule has 19 heavy (non-hydrogen) atoms. The summed E-state index contributed by atoms with van der Waals surface area (Å²) in [5, 5.41) is 8.75. The van der Waals surface area contributed by atoms with Gasteiger partial charge in [0.1, 0.15) is 4.88 Å². The second-order valence-electron chi connectivity index (χ2n) is 3.42. The Kier molecular flexibility index (Phi) is 3.76. The molecule has 98 valence electrons. The van der Waals surface area contributed by atoms with Crippen molar-refractivity contribution >= 4 is 23.5 Å². The van der Waals surface area contributed by atoms with Crippen molar-refractivity contribution < 1.29 is 24.2 Å². The number of methoxy groups -OCH3 is 1. The van der Waals surface area contributed by atoms with Crippen molar-refractivity contribution in [3.63, 3.8) is 0 Å². The molecule has 0 atom stereocenters. The predicted octanol–water partition coefficient (Wildman–Crippen LogP) is 2.07. The van der Waals surface area contributed by atoms with Crippen molar-refractivity contribution in [2.75, 3.05) is 7.11 Å². The first kappa shape index (κ1) is 13.0. The van der Waals surface area contributed by atoms with Crippen LogP contribution in [0, 0.1) is 0 Å². The molecule has 6 nitrogen and oxygen atoms in total. The highest BCUT2D eigenvalue weighted by Crippen LogP contribution is 2.26. The number of nitrogens with zero attached hydrogens (tertiary/aromatic N) is 1. The van der Waals surface area contributed by atoms with Gasteiger partial charge < -0.3 is 14.6 Å². The maximum absolute atomic E-state index is 11.8. The van der Waals surface area contributed by atoms with Crippen LogP contribution in [0.2, 0.25) is 0 Å². The van der Waals surface area contributed by atoms with Crippen molar-refractivity contribution in [1.82, 2.24) is 4.37 Å². The highest BCUT2D eigenvalue weighted by molar-refractivity contribution is 7.08. The van der Waals surface area contributed by atoms with E-state index < -0.39 is 11.9 Å². The molecule has 0 saturated heterocycles. The third-order valence-electron chi connectivity index (χ3n) is 2.20. The summed E-state index contributed by atoms with van der Waals surface area (Å²) >= 11 is 0.725. The Morgan fingerprint density at radius 1 is 1.26 bits per heavy atom. The van der Waals surface area contributed by atoms with E-state index in [1.807, 2.05) is 0 Å². The molecule has 2 rings (SSSR count). The smallest absolute Gasteiger partial charge is 0.363 e. The standard InChI is InChI=1S/C12H9NO5S/c1-17-8-4-2-3-5-9(8)18-12(16)7-6-10(11(14)15)19-13-7/h2-6H,1H3,(H,14,15). The number of carboxylic acid groups (broad SMARTS) is 1. The Balaban J connectivity index is 2.18. The quantitative estimate of drug-likeness (QED) is 0.681. The number of aromatic nitrogens is 1. The molecule has 1 aromatic carbocycles. The average molecular weight is 279 g/mol. The summed E-state index contributed by atoms with van der Waals surface area (Å²) in [6.07, 6.45) is 0. The second-order valence-corrected chi connectivity index (χ2v) is 4.23. The van der Waals surface area contributed by atoms with Gasteiger partial charge in [-0.15, -0.1) is 0 Å². The molecule has 0 aliphatic heterocycles. The van der Waals surface area contributed by atoms with Gasteiger partial charge in [-0.1, -0.05) is 12.1 Å². The molecular formula is C12H9NO5S. The molecule has 0 radical (unpaired) electrons. The Hall–Kier alpha value is -2.41. The largest absolute Gasteiger partial charge is 0.493 e. The molecular weight excluding hydrogens is 270 g/mol. The van der Waals surface area contributed by atoms with Gasteiger partial charge in [-0.3, -0.25) is 0 Å². The number of carbonyl (C=O) groups is 2. The van der Waals surface area contributed by atoms with Crippen LogP contribution < -0.4 is 9.47 Å². The van der Waals surface area contributed by atoms with Crippen LogP contribution in [0.25, 0.3) is 0 Å². The summed E-state index contributed by atoms with van der Waals surface area (Å²) in [6.45, 7) is 0. The van der Waals surface area contributed by atoms with E-state index in [4.69, 9.17) is 14.6 Å². The van der Waals surface area contributed by atoms with Gasteiger partial charge in [0, 0.05) is 0 Å². The van der Waals surface area contributed by atoms with E-state index in [0.29, 0.717) is 5.75 Å². The zero-order valence-corrected chi connectivity index (χ0v) is 10.6. The molecule has 1 N–H and O–H groups in total. The molecule has 1 heterocycles. The number of carboxylic acids is 1. The SMILES string of the molecule is COc1ccccc1OC(=O)c1cc(C(=O)O)sn1. The number of carbonyl (C=O) groups excluding carboxylic acids is 1. The van der Waals surface area contributed by atoms with Gasteiger partial charge in [-0.05, 0) is 29.7 Å². The number of benzene rings is 1. The number of rotatable bonds is 4. The number of ether oxygens (including phenoxy) is 2. The Morgan fingerprint density at radius 3 is 2.53 bits per heavy atom. The monoisotopic (exact) mass is 279 g/mol. The summed E-state index contributed by atoms with van der Waals surface area (Å²) in [5.74, 6) is -1.20. The van der Waals surface area contributed by atoms with Crippen LogP contribution in [0.3, 0.4) is 0 Å². The van der Waals surface area contributed by atoms with Crippen LogP contribution in [0.1, 0.15) is 20.2 Å². The van der Waals surface area contributed by atoms with Crippen molar-refractivity contribution in [3.8, 4) is 11.5 Å². The van der Waals surface area contributed by atoms with Crippen molar-refractivity contribution in [2.45, 2.75) is 0 Å². The van der Waals surface area contributed by atoms with E-state index >= 15 is 0 Å².